The summed E-state index contributed by atoms with van der Waals surface area (Å²) in [5, 5.41) is 0. The molecular weight excluding hydrogens is 234 g/mol. The lowest BCUT2D eigenvalue weighted by Crippen LogP contribution is -2.01. The molecule has 0 fully saturated rings. The highest BCUT2D eigenvalue weighted by Gasteiger charge is 1.96. The number of hydrogen-bond donors (Lipinski definition) is 1. The Hall–Kier alpha value is -1.80. The molecule has 2 rings (SSSR count). The van der Waals surface area contributed by atoms with Gasteiger partial charge in [-0.3, -0.25) is 10.3 Å². The van der Waals surface area contributed by atoms with Gasteiger partial charge in [0.05, 0.1) is 12.3 Å². The van der Waals surface area contributed by atoms with Crippen LogP contribution in [-0.4, -0.2) is 0 Å². The smallest absolute Gasteiger partial charge is 0.0996 e. The quantitative estimate of drug-likeness (QED) is 0.732. The molecule has 19 heavy (non-hydrogen) atoms. The molecule has 0 heterocycles. The van der Waals surface area contributed by atoms with E-state index < -0.39 is 0 Å². The third-order valence-corrected chi connectivity index (χ3v) is 3.04. The highest BCUT2D eigenvalue weighted by Crippen LogP contribution is 2.10. The fourth-order valence-electron chi connectivity index (χ4n) is 1.89. The number of anilines is 1. The molecule has 0 aliphatic rings. The molecular formula is C17H21NO. The molecule has 2 aromatic carbocycles. The summed E-state index contributed by atoms with van der Waals surface area (Å²) in [7, 11) is 0. The van der Waals surface area contributed by atoms with E-state index in [1.807, 2.05) is 30.3 Å². The fraction of sp³-hybridized carbons (Fsp3) is 0.294. The van der Waals surface area contributed by atoms with Crippen LogP contribution in [0.4, 0.5) is 5.69 Å². The maximum Gasteiger partial charge on any atom is 0.0996 e. The number of hydrogen-bond acceptors (Lipinski definition) is 2. The summed E-state index contributed by atoms with van der Waals surface area (Å²) < 4.78 is 0. The predicted octanol–water partition coefficient (Wildman–Crippen LogP) is 4.57. The fourth-order valence-corrected chi connectivity index (χ4v) is 1.89. The maximum absolute atomic E-state index is 5.48. The molecule has 0 aromatic heterocycles. The molecule has 2 nitrogen and oxygen atoms in total. The minimum atomic E-state index is 0.572. The maximum atomic E-state index is 5.48. The number of benzene rings is 2. The first-order valence-corrected chi connectivity index (χ1v) is 6.89. The number of aryl methyl sites for hydroxylation is 1. The third-order valence-electron chi connectivity index (χ3n) is 3.04. The van der Waals surface area contributed by atoms with Gasteiger partial charge in [0.2, 0.25) is 0 Å². The zero-order valence-corrected chi connectivity index (χ0v) is 11.4. The van der Waals surface area contributed by atoms with Crippen LogP contribution in [0.25, 0.3) is 0 Å². The van der Waals surface area contributed by atoms with Gasteiger partial charge in [-0.05, 0) is 36.1 Å². The van der Waals surface area contributed by atoms with Crippen molar-refractivity contribution in [1.82, 2.24) is 0 Å². The summed E-state index contributed by atoms with van der Waals surface area (Å²) in [5.41, 5.74) is 6.50. The minimum absolute atomic E-state index is 0.572. The Balaban J connectivity index is 1.77. The lowest BCUT2D eigenvalue weighted by molar-refractivity contribution is 0.180. The lowest BCUT2D eigenvalue weighted by Gasteiger charge is -2.07. The number of nitrogens with one attached hydrogen (secondary N) is 1. The Morgan fingerprint density at radius 3 is 2.26 bits per heavy atom. The molecule has 0 spiro atoms. The highest BCUT2D eigenvalue weighted by molar-refractivity contribution is 5.40. The van der Waals surface area contributed by atoms with Gasteiger partial charge in [-0.1, -0.05) is 55.8 Å². The molecule has 100 valence electrons. The minimum Gasteiger partial charge on any atom is -0.271 e. The third kappa shape index (κ3) is 4.76. The molecule has 0 aliphatic carbocycles. The van der Waals surface area contributed by atoms with Crippen molar-refractivity contribution in [3.05, 3.63) is 65.7 Å². The van der Waals surface area contributed by atoms with Gasteiger partial charge < -0.3 is 0 Å². The van der Waals surface area contributed by atoms with Crippen LogP contribution in [0.1, 0.15) is 30.9 Å². The molecule has 0 amide bonds. The van der Waals surface area contributed by atoms with E-state index in [1.165, 1.54) is 30.4 Å². The molecule has 0 radical (unpaired) electrons. The summed E-state index contributed by atoms with van der Waals surface area (Å²) in [6.45, 7) is 2.79. The van der Waals surface area contributed by atoms with Crippen molar-refractivity contribution in [2.24, 2.45) is 0 Å². The van der Waals surface area contributed by atoms with E-state index in [4.69, 9.17) is 4.84 Å². The molecule has 0 aliphatic heterocycles. The van der Waals surface area contributed by atoms with Gasteiger partial charge >= 0.3 is 0 Å². The Morgan fingerprint density at radius 1 is 0.895 bits per heavy atom. The van der Waals surface area contributed by atoms with Crippen LogP contribution < -0.4 is 5.48 Å². The largest absolute Gasteiger partial charge is 0.271 e. The molecule has 2 aromatic rings. The van der Waals surface area contributed by atoms with Crippen molar-refractivity contribution >= 4 is 5.69 Å². The second-order valence-corrected chi connectivity index (χ2v) is 4.68. The van der Waals surface area contributed by atoms with Crippen LogP contribution in [0.5, 0.6) is 0 Å². The second-order valence-electron chi connectivity index (χ2n) is 4.68. The average Bonchev–Trinajstić information content (AvgIpc) is 2.47. The standard InChI is InChI=1S/C17H21NO/c1-2-3-7-15-10-12-16(13-11-15)14-19-18-17-8-5-4-6-9-17/h4-6,8-13,18H,2-3,7,14H2,1H3. The Bertz CT molecular complexity index is 464. The predicted molar refractivity (Wildman–Crippen MR) is 79.9 cm³/mol. The summed E-state index contributed by atoms with van der Waals surface area (Å²) in [6, 6.07) is 18.6. The topological polar surface area (TPSA) is 21.3 Å². The van der Waals surface area contributed by atoms with Crippen molar-refractivity contribution in [3.8, 4) is 0 Å². The Morgan fingerprint density at radius 2 is 1.58 bits per heavy atom. The van der Waals surface area contributed by atoms with Crippen molar-refractivity contribution in [3.63, 3.8) is 0 Å². The van der Waals surface area contributed by atoms with Crippen LogP contribution in [0.15, 0.2) is 54.6 Å². The number of rotatable bonds is 7. The average molecular weight is 255 g/mol. The molecule has 1 N–H and O–H groups in total. The molecule has 0 saturated carbocycles. The first-order chi connectivity index (χ1) is 9.38. The molecule has 2 heteroatoms. The number of unbranched alkanes of at least 4 members (excludes halogenated alkanes) is 1. The van der Waals surface area contributed by atoms with Gasteiger partial charge in [0.1, 0.15) is 0 Å². The van der Waals surface area contributed by atoms with Gasteiger partial charge in [0.15, 0.2) is 0 Å². The van der Waals surface area contributed by atoms with Gasteiger partial charge in [-0.2, -0.15) is 0 Å². The summed E-state index contributed by atoms with van der Waals surface area (Å²) >= 11 is 0. The van der Waals surface area contributed by atoms with E-state index in [-0.39, 0.29) is 0 Å². The second kappa shape index (κ2) is 7.59. The monoisotopic (exact) mass is 255 g/mol. The van der Waals surface area contributed by atoms with Crippen LogP contribution in [0, 0.1) is 0 Å². The molecule has 0 bridgehead atoms. The number of para-hydroxylation sites is 1. The van der Waals surface area contributed by atoms with Gasteiger partial charge in [0, 0.05) is 0 Å². The van der Waals surface area contributed by atoms with E-state index in [0.29, 0.717) is 6.61 Å². The SMILES string of the molecule is CCCCc1ccc(CONc2ccccc2)cc1. The Labute approximate surface area is 115 Å². The van der Waals surface area contributed by atoms with E-state index in [0.717, 1.165) is 5.69 Å². The van der Waals surface area contributed by atoms with E-state index in [1.54, 1.807) is 0 Å². The first-order valence-electron chi connectivity index (χ1n) is 6.89. The van der Waals surface area contributed by atoms with Crippen LogP contribution in [-0.2, 0) is 17.9 Å². The summed E-state index contributed by atoms with van der Waals surface area (Å²) in [5.74, 6) is 0. The van der Waals surface area contributed by atoms with Crippen molar-refractivity contribution in [2.45, 2.75) is 32.8 Å². The van der Waals surface area contributed by atoms with Gasteiger partial charge in [0.25, 0.3) is 0 Å². The zero-order chi connectivity index (χ0) is 13.3. The van der Waals surface area contributed by atoms with E-state index >= 15 is 0 Å². The van der Waals surface area contributed by atoms with Crippen LogP contribution in [0.2, 0.25) is 0 Å². The Kier molecular flexibility index (Phi) is 5.45. The summed E-state index contributed by atoms with van der Waals surface area (Å²) in [6.07, 6.45) is 3.66. The van der Waals surface area contributed by atoms with E-state index in [2.05, 4.69) is 36.7 Å². The molecule has 0 unspecified atom stereocenters. The molecule has 0 saturated heterocycles. The van der Waals surface area contributed by atoms with Crippen LogP contribution >= 0.6 is 0 Å². The van der Waals surface area contributed by atoms with Crippen molar-refractivity contribution < 1.29 is 4.84 Å². The van der Waals surface area contributed by atoms with Crippen molar-refractivity contribution in [2.75, 3.05) is 5.48 Å². The van der Waals surface area contributed by atoms with Gasteiger partial charge in [-0.15, -0.1) is 0 Å². The zero-order valence-electron chi connectivity index (χ0n) is 11.4. The molecule has 0 atom stereocenters. The highest BCUT2D eigenvalue weighted by atomic mass is 16.6. The van der Waals surface area contributed by atoms with Gasteiger partial charge in [-0.25, -0.2) is 0 Å². The first kappa shape index (κ1) is 13.6. The van der Waals surface area contributed by atoms with Crippen LogP contribution in [0.3, 0.4) is 0 Å². The van der Waals surface area contributed by atoms with E-state index in [9.17, 15) is 0 Å². The summed E-state index contributed by atoms with van der Waals surface area (Å²) in [4.78, 5) is 5.48. The lowest BCUT2D eigenvalue weighted by atomic mass is 10.1. The normalized spacial score (nSPS) is 10.4. The van der Waals surface area contributed by atoms with Crippen molar-refractivity contribution in [1.29, 1.82) is 0 Å².